The van der Waals surface area contributed by atoms with E-state index in [-0.39, 0.29) is 17.6 Å². The standard InChI is InChI=1S/C18H18N2O3S/c1-12-7-8-13-5-3-4-6-15(13)19(12)18(21)14-9-10-17(24-2)16(11-14)20(22)23/h3-6,9-12H,7-8H2,1-2H3. The van der Waals surface area contributed by atoms with Crippen molar-refractivity contribution in [3.05, 3.63) is 63.7 Å². The van der Waals surface area contributed by atoms with E-state index >= 15 is 0 Å². The summed E-state index contributed by atoms with van der Waals surface area (Å²) in [5.74, 6) is -0.189. The number of hydrogen-bond acceptors (Lipinski definition) is 4. The molecule has 0 aliphatic carbocycles. The zero-order chi connectivity index (χ0) is 17.3. The lowest BCUT2D eigenvalue weighted by molar-refractivity contribution is -0.387. The zero-order valence-corrected chi connectivity index (χ0v) is 14.4. The number of benzene rings is 2. The molecule has 124 valence electrons. The van der Waals surface area contributed by atoms with Crippen molar-refractivity contribution >= 4 is 29.0 Å². The molecule has 2 aromatic carbocycles. The van der Waals surface area contributed by atoms with Crippen LogP contribution in [0.3, 0.4) is 0 Å². The van der Waals surface area contributed by atoms with Crippen molar-refractivity contribution in [3.8, 4) is 0 Å². The highest BCUT2D eigenvalue weighted by Crippen LogP contribution is 2.33. The number of amides is 1. The first-order valence-corrected chi connectivity index (χ1v) is 8.99. The number of carbonyl (C=O) groups is 1. The topological polar surface area (TPSA) is 63.5 Å². The highest BCUT2D eigenvalue weighted by Gasteiger charge is 2.29. The molecule has 0 radical (unpaired) electrons. The number of anilines is 1. The number of fused-ring (bicyclic) bond motifs is 1. The summed E-state index contributed by atoms with van der Waals surface area (Å²) >= 11 is 1.30. The maximum atomic E-state index is 13.0. The van der Waals surface area contributed by atoms with Crippen LogP contribution in [0.4, 0.5) is 11.4 Å². The third-order valence-corrected chi connectivity index (χ3v) is 5.15. The summed E-state index contributed by atoms with van der Waals surface area (Å²) < 4.78 is 0. The van der Waals surface area contributed by atoms with Gasteiger partial charge in [0, 0.05) is 23.4 Å². The maximum Gasteiger partial charge on any atom is 0.283 e. The fourth-order valence-corrected chi connectivity index (χ4v) is 3.65. The third kappa shape index (κ3) is 2.89. The average molecular weight is 342 g/mol. The van der Waals surface area contributed by atoms with E-state index in [1.54, 1.807) is 23.3 Å². The molecule has 1 heterocycles. The molecular weight excluding hydrogens is 324 g/mol. The second-order valence-electron chi connectivity index (χ2n) is 5.84. The van der Waals surface area contributed by atoms with Crippen LogP contribution >= 0.6 is 11.8 Å². The Labute approximate surface area is 144 Å². The first-order chi connectivity index (χ1) is 11.5. The lowest BCUT2D eigenvalue weighted by Crippen LogP contribution is -2.42. The Morgan fingerprint density at radius 2 is 2.04 bits per heavy atom. The van der Waals surface area contributed by atoms with E-state index in [4.69, 9.17) is 0 Å². The largest absolute Gasteiger partial charge is 0.305 e. The van der Waals surface area contributed by atoms with Gasteiger partial charge in [0.15, 0.2) is 0 Å². The van der Waals surface area contributed by atoms with Crippen LogP contribution < -0.4 is 4.90 Å². The van der Waals surface area contributed by atoms with Crippen LogP contribution in [0.15, 0.2) is 47.4 Å². The molecule has 3 rings (SSSR count). The predicted molar refractivity (Wildman–Crippen MR) is 95.9 cm³/mol. The van der Waals surface area contributed by atoms with Gasteiger partial charge in [0.25, 0.3) is 11.6 Å². The molecule has 6 heteroatoms. The molecule has 1 aliphatic rings. The average Bonchev–Trinajstić information content (AvgIpc) is 2.60. The lowest BCUT2D eigenvalue weighted by Gasteiger charge is -2.35. The van der Waals surface area contributed by atoms with Gasteiger partial charge in [-0.15, -0.1) is 11.8 Å². The Kier molecular flexibility index (Phi) is 4.57. The molecule has 0 saturated carbocycles. The van der Waals surface area contributed by atoms with E-state index in [1.165, 1.54) is 17.8 Å². The normalized spacial score (nSPS) is 16.6. The quantitative estimate of drug-likeness (QED) is 0.474. The molecule has 1 aliphatic heterocycles. The molecule has 0 spiro atoms. The number of thioether (sulfide) groups is 1. The van der Waals surface area contributed by atoms with Gasteiger partial charge in [-0.2, -0.15) is 0 Å². The van der Waals surface area contributed by atoms with Crippen LogP contribution in [0.1, 0.15) is 29.3 Å². The van der Waals surface area contributed by atoms with Gasteiger partial charge in [-0.25, -0.2) is 0 Å². The minimum Gasteiger partial charge on any atom is -0.305 e. The Morgan fingerprint density at radius 1 is 1.29 bits per heavy atom. The van der Waals surface area contributed by atoms with E-state index in [0.717, 1.165) is 24.1 Å². The van der Waals surface area contributed by atoms with Gasteiger partial charge in [-0.05, 0) is 49.8 Å². The van der Waals surface area contributed by atoms with Crippen molar-refractivity contribution in [1.29, 1.82) is 0 Å². The molecule has 5 nitrogen and oxygen atoms in total. The van der Waals surface area contributed by atoms with Crippen molar-refractivity contribution in [1.82, 2.24) is 0 Å². The number of nitrogens with zero attached hydrogens (tertiary/aromatic N) is 2. The number of aryl methyl sites for hydroxylation is 1. The summed E-state index contributed by atoms with van der Waals surface area (Å²) in [5.41, 5.74) is 2.37. The van der Waals surface area contributed by atoms with E-state index in [9.17, 15) is 14.9 Å². The van der Waals surface area contributed by atoms with Crippen LogP contribution in [0.5, 0.6) is 0 Å². The fraction of sp³-hybridized carbons (Fsp3) is 0.278. The number of carbonyl (C=O) groups excluding carboxylic acids is 1. The molecule has 0 bridgehead atoms. The maximum absolute atomic E-state index is 13.0. The molecule has 0 fully saturated rings. The van der Waals surface area contributed by atoms with Crippen molar-refractivity contribution in [3.63, 3.8) is 0 Å². The summed E-state index contributed by atoms with van der Waals surface area (Å²) in [4.78, 5) is 26.2. The smallest absolute Gasteiger partial charge is 0.283 e. The van der Waals surface area contributed by atoms with Gasteiger partial charge in [0.05, 0.1) is 9.82 Å². The van der Waals surface area contributed by atoms with Gasteiger partial charge in [0.2, 0.25) is 0 Å². The number of nitro groups is 1. The van der Waals surface area contributed by atoms with Gasteiger partial charge >= 0.3 is 0 Å². The fourth-order valence-electron chi connectivity index (χ4n) is 3.10. The van der Waals surface area contributed by atoms with Crippen LogP contribution in [-0.4, -0.2) is 23.1 Å². The molecule has 0 saturated heterocycles. The predicted octanol–water partition coefficient (Wildman–Crippen LogP) is 4.30. The molecule has 1 unspecified atom stereocenters. The third-order valence-electron chi connectivity index (χ3n) is 4.36. The molecule has 1 amide bonds. The Morgan fingerprint density at radius 3 is 2.75 bits per heavy atom. The molecule has 24 heavy (non-hydrogen) atoms. The van der Waals surface area contributed by atoms with Crippen LogP contribution in [0.2, 0.25) is 0 Å². The zero-order valence-electron chi connectivity index (χ0n) is 13.6. The summed E-state index contributed by atoms with van der Waals surface area (Å²) in [6.45, 7) is 2.01. The number of rotatable bonds is 3. The van der Waals surface area contributed by atoms with Crippen LogP contribution in [0.25, 0.3) is 0 Å². The summed E-state index contributed by atoms with van der Waals surface area (Å²) in [5, 5.41) is 11.3. The van der Waals surface area contributed by atoms with E-state index in [2.05, 4.69) is 0 Å². The molecule has 0 aromatic heterocycles. The van der Waals surface area contributed by atoms with Gasteiger partial charge < -0.3 is 4.90 Å². The molecule has 0 N–H and O–H groups in total. The van der Waals surface area contributed by atoms with E-state index in [1.807, 2.05) is 31.2 Å². The van der Waals surface area contributed by atoms with Crippen LogP contribution in [0, 0.1) is 10.1 Å². The van der Waals surface area contributed by atoms with Gasteiger partial charge in [-0.3, -0.25) is 14.9 Å². The SMILES string of the molecule is CSc1ccc(C(=O)N2c3ccccc3CCC2C)cc1[N+](=O)[O-]. The first-order valence-electron chi connectivity index (χ1n) is 7.77. The minimum atomic E-state index is -0.434. The van der Waals surface area contributed by atoms with Gasteiger partial charge in [0.1, 0.15) is 0 Å². The summed E-state index contributed by atoms with van der Waals surface area (Å²) in [6.07, 6.45) is 3.60. The monoisotopic (exact) mass is 342 g/mol. The number of hydrogen-bond donors (Lipinski definition) is 0. The van der Waals surface area contributed by atoms with Crippen molar-refractivity contribution in [2.24, 2.45) is 0 Å². The van der Waals surface area contributed by atoms with Crippen molar-refractivity contribution in [2.75, 3.05) is 11.2 Å². The highest BCUT2D eigenvalue weighted by molar-refractivity contribution is 7.98. The van der Waals surface area contributed by atoms with Crippen molar-refractivity contribution in [2.45, 2.75) is 30.7 Å². The second-order valence-corrected chi connectivity index (χ2v) is 6.68. The van der Waals surface area contributed by atoms with Crippen LogP contribution in [-0.2, 0) is 6.42 Å². The lowest BCUT2D eigenvalue weighted by atomic mass is 9.95. The minimum absolute atomic E-state index is 0.0219. The molecular formula is C18H18N2O3S. The van der Waals surface area contributed by atoms with E-state index < -0.39 is 4.92 Å². The number of nitro benzene ring substituents is 1. The Bertz CT molecular complexity index is 807. The van der Waals surface area contributed by atoms with Gasteiger partial charge in [-0.1, -0.05) is 18.2 Å². The summed E-state index contributed by atoms with van der Waals surface area (Å²) in [6, 6.07) is 12.6. The Balaban J connectivity index is 2.03. The Hall–Kier alpha value is -2.34. The second kappa shape index (κ2) is 6.65. The first kappa shape index (κ1) is 16.5. The van der Waals surface area contributed by atoms with Crippen molar-refractivity contribution < 1.29 is 9.72 Å². The number of para-hydroxylation sites is 1. The van der Waals surface area contributed by atoms with E-state index in [0.29, 0.717) is 10.5 Å². The summed E-state index contributed by atoms with van der Waals surface area (Å²) in [7, 11) is 0. The highest BCUT2D eigenvalue weighted by atomic mass is 32.2. The molecule has 2 aromatic rings. The molecule has 1 atom stereocenters.